The Balaban J connectivity index is 1.76. The summed E-state index contributed by atoms with van der Waals surface area (Å²) < 4.78 is 28.5. The van der Waals surface area contributed by atoms with Crippen molar-refractivity contribution in [2.45, 2.75) is 12.8 Å². The van der Waals surface area contributed by atoms with Gasteiger partial charge in [0.2, 0.25) is 5.91 Å². The summed E-state index contributed by atoms with van der Waals surface area (Å²) in [7, 11) is 3.09. The second-order valence-corrected chi connectivity index (χ2v) is 5.02. The minimum atomic E-state index is -0.309. The first-order valence-corrected chi connectivity index (χ1v) is 7.52. The van der Waals surface area contributed by atoms with E-state index in [0.29, 0.717) is 42.4 Å². The van der Waals surface area contributed by atoms with E-state index in [-0.39, 0.29) is 11.7 Å². The molecule has 0 aliphatic heterocycles. The molecule has 5 nitrogen and oxygen atoms in total. The summed E-state index contributed by atoms with van der Waals surface area (Å²) in [5.41, 5.74) is 0.636. The minimum Gasteiger partial charge on any atom is -0.494 e. The van der Waals surface area contributed by atoms with E-state index >= 15 is 0 Å². The number of nitrogens with one attached hydrogen (secondary N) is 1. The molecule has 0 unspecified atom stereocenters. The van der Waals surface area contributed by atoms with E-state index in [4.69, 9.17) is 14.2 Å². The highest BCUT2D eigenvalue weighted by Crippen LogP contribution is 2.29. The van der Waals surface area contributed by atoms with Crippen LogP contribution in [0.5, 0.6) is 17.2 Å². The monoisotopic (exact) mass is 333 g/mol. The third-order valence-corrected chi connectivity index (χ3v) is 3.30. The maximum Gasteiger partial charge on any atom is 0.224 e. The average molecular weight is 333 g/mol. The lowest BCUT2D eigenvalue weighted by Gasteiger charge is -2.11. The molecule has 0 aromatic heterocycles. The van der Waals surface area contributed by atoms with Gasteiger partial charge in [-0.05, 0) is 42.8 Å². The average Bonchev–Trinajstić information content (AvgIpc) is 2.60. The number of rotatable bonds is 8. The first-order chi connectivity index (χ1) is 11.6. The van der Waals surface area contributed by atoms with Gasteiger partial charge in [-0.2, -0.15) is 0 Å². The molecular formula is C18H20FNO4. The Morgan fingerprint density at radius 3 is 2.42 bits per heavy atom. The highest BCUT2D eigenvalue weighted by molar-refractivity contribution is 5.91. The van der Waals surface area contributed by atoms with Crippen molar-refractivity contribution in [2.75, 3.05) is 26.1 Å². The number of carbonyl (C=O) groups excluding carboxylic acids is 1. The highest BCUT2D eigenvalue weighted by Gasteiger charge is 2.07. The summed E-state index contributed by atoms with van der Waals surface area (Å²) in [4.78, 5) is 11.9. The van der Waals surface area contributed by atoms with Gasteiger partial charge in [-0.25, -0.2) is 4.39 Å². The fourth-order valence-electron chi connectivity index (χ4n) is 2.09. The summed E-state index contributed by atoms with van der Waals surface area (Å²) in [6.45, 7) is 0.380. The molecule has 1 amide bonds. The predicted octanol–water partition coefficient (Wildman–Crippen LogP) is 3.64. The molecule has 2 aromatic rings. The number of halogens is 1. The number of ether oxygens (including phenoxy) is 3. The molecule has 0 fully saturated rings. The van der Waals surface area contributed by atoms with Crippen LogP contribution in [0.25, 0.3) is 0 Å². The lowest BCUT2D eigenvalue weighted by atomic mass is 10.2. The van der Waals surface area contributed by atoms with E-state index in [1.54, 1.807) is 37.4 Å². The van der Waals surface area contributed by atoms with Gasteiger partial charge in [0.15, 0.2) is 11.5 Å². The second-order valence-electron chi connectivity index (χ2n) is 5.02. The standard InChI is InChI=1S/C18H20FNO4/c1-22-16-10-7-14(12-17(16)23-2)20-18(21)4-3-11-24-15-8-5-13(19)6-9-15/h5-10,12H,3-4,11H2,1-2H3,(H,20,21). The topological polar surface area (TPSA) is 56.8 Å². The quantitative estimate of drug-likeness (QED) is 0.749. The van der Waals surface area contributed by atoms with Crippen molar-refractivity contribution in [3.05, 3.63) is 48.3 Å². The highest BCUT2D eigenvalue weighted by atomic mass is 19.1. The summed E-state index contributed by atoms with van der Waals surface area (Å²) in [6, 6.07) is 10.9. The number of hydrogen-bond acceptors (Lipinski definition) is 4. The molecule has 2 rings (SSSR count). The molecule has 2 aromatic carbocycles. The van der Waals surface area contributed by atoms with Crippen LogP contribution >= 0.6 is 0 Å². The largest absolute Gasteiger partial charge is 0.494 e. The lowest BCUT2D eigenvalue weighted by Crippen LogP contribution is -2.13. The van der Waals surface area contributed by atoms with Gasteiger partial charge in [0.05, 0.1) is 20.8 Å². The zero-order valence-electron chi connectivity index (χ0n) is 13.7. The number of anilines is 1. The molecule has 0 spiro atoms. The number of hydrogen-bond donors (Lipinski definition) is 1. The van der Waals surface area contributed by atoms with Crippen LogP contribution in [0.15, 0.2) is 42.5 Å². The Kier molecular flexibility index (Phi) is 6.42. The van der Waals surface area contributed by atoms with E-state index in [1.165, 1.54) is 19.2 Å². The van der Waals surface area contributed by atoms with Crippen molar-refractivity contribution in [2.24, 2.45) is 0 Å². The predicted molar refractivity (Wildman–Crippen MR) is 89.3 cm³/mol. The van der Waals surface area contributed by atoms with Crippen molar-refractivity contribution in [1.82, 2.24) is 0 Å². The lowest BCUT2D eigenvalue weighted by molar-refractivity contribution is -0.116. The maximum absolute atomic E-state index is 12.8. The van der Waals surface area contributed by atoms with Crippen LogP contribution in [0.2, 0.25) is 0 Å². The Labute approximate surface area is 140 Å². The third-order valence-electron chi connectivity index (χ3n) is 3.30. The first kappa shape index (κ1) is 17.6. The summed E-state index contributed by atoms with van der Waals surface area (Å²) in [5.74, 6) is 1.30. The van der Waals surface area contributed by atoms with Crippen LogP contribution in [0.3, 0.4) is 0 Å². The molecule has 0 heterocycles. The molecule has 0 saturated carbocycles. The normalized spacial score (nSPS) is 10.1. The van der Waals surface area contributed by atoms with Gasteiger partial charge in [0, 0.05) is 18.2 Å². The van der Waals surface area contributed by atoms with E-state index < -0.39 is 0 Å². The summed E-state index contributed by atoms with van der Waals surface area (Å²) in [6.07, 6.45) is 0.867. The van der Waals surface area contributed by atoms with Gasteiger partial charge < -0.3 is 19.5 Å². The van der Waals surface area contributed by atoms with Crippen molar-refractivity contribution in [3.8, 4) is 17.2 Å². The fraction of sp³-hybridized carbons (Fsp3) is 0.278. The Morgan fingerprint density at radius 2 is 1.75 bits per heavy atom. The minimum absolute atomic E-state index is 0.120. The molecule has 0 bridgehead atoms. The number of benzene rings is 2. The molecule has 0 aliphatic rings. The molecule has 0 saturated heterocycles. The molecule has 6 heteroatoms. The summed E-state index contributed by atoms with van der Waals surface area (Å²) in [5, 5.41) is 2.79. The maximum atomic E-state index is 12.8. The van der Waals surface area contributed by atoms with Crippen LogP contribution in [-0.2, 0) is 4.79 Å². The van der Waals surface area contributed by atoms with Crippen molar-refractivity contribution in [3.63, 3.8) is 0 Å². The van der Waals surface area contributed by atoms with Gasteiger partial charge in [0.25, 0.3) is 0 Å². The van der Waals surface area contributed by atoms with Gasteiger partial charge in [0.1, 0.15) is 11.6 Å². The van der Waals surface area contributed by atoms with Crippen molar-refractivity contribution < 1.29 is 23.4 Å². The van der Waals surface area contributed by atoms with E-state index in [1.807, 2.05) is 0 Å². The van der Waals surface area contributed by atoms with E-state index in [9.17, 15) is 9.18 Å². The Hall–Kier alpha value is -2.76. The third kappa shape index (κ3) is 5.15. The van der Waals surface area contributed by atoms with Crippen LogP contribution in [0.1, 0.15) is 12.8 Å². The fourth-order valence-corrected chi connectivity index (χ4v) is 2.09. The van der Waals surface area contributed by atoms with E-state index in [0.717, 1.165) is 0 Å². The zero-order chi connectivity index (χ0) is 17.4. The number of methoxy groups -OCH3 is 2. The Morgan fingerprint density at radius 1 is 1.04 bits per heavy atom. The van der Waals surface area contributed by atoms with Gasteiger partial charge >= 0.3 is 0 Å². The van der Waals surface area contributed by atoms with Gasteiger partial charge in [-0.1, -0.05) is 0 Å². The first-order valence-electron chi connectivity index (χ1n) is 7.52. The number of amides is 1. The van der Waals surface area contributed by atoms with Crippen LogP contribution in [0, 0.1) is 5.82 Å². The van der Waals surface area contributed by atoms with E-state index in [2.05, 4.69) is 5.32 Å². The van der Waals surface area contributed by atoms with Crippen molar-refractivity contribution in [1.29, 1.82) is 0 Å². The molecule has 0 radical (unpaired) electrons. The molecular weight excluding hydrogens is 313 g/mol. The molecule has 24 heavy (non-hydrogen) atoms. The summed E-state index contributed by atoms with van der Waals surface area (Å²) >= 11 is 0. The van der Waals surface area contributed by atoms with Crippen LogP contribution in [0.4, 0.5) is 10.1 Å². The SMILES string of the molecule is COc1ccc(NC(=O)CCCOc2ccc(F)cc2)cc1OC. The van der Waals surface area contributed by atoms with Gasteiger partial charge in [-0.15, -0.1) is 0 Å². The molecule has 0 aliphatic carbocycles. The second kappa shape index (κ2) is 8.76. The zero-order valence-corrected chi connectivity index (χ0v) is 13.7. The molecule has 1 N–H and O–H groups in total. The van der Waals surface area contributed by atoms with Crippen molar-refractivity contribution >= 4 is 11.6 Å². The van der Waals surface area contributed by atoms with Crippen LogP contribution < -0.4 is 19.5 Å². The van der Waals surface area contributed by atoms with Crippen LogP contribution in [-0.4, -0.2) is 26.7 Å². The molecule has 0 atom stereocenters. The number of carbonyl (C=O) groups is 1. The van der Waals surface area contributed by atoms with Gasteiger partial charge in [-0.3, -0.25) is 4.79 Å². The Bertz CT molecular complexity index is 673. The molecule has 128 valence electrons. The smallest absolute Gasteiger partial charge is 0.224 e.